The summed E-state index contributed by atoms with van der Waals surface area (Å²) >= 11 is 0. The molecule has 3 nitrogen and oxygen atoms in total. The molecule has 0 saturated heterocycles. The highest BCUT2D eigenvalue weighted by molar-refractivity contribution is 5.72. The van der Waals surface area contributed by atoms with Crippen LogP contribution in [0, 0.1) is 0 Å². The largest absolute Gasteiger partial charge is 0.508 e. The molecule has 80 valence electrons. The minimum absolute atomic E-state index is 0.0608. The number of phenolic OH excluding ortho intramolecular Hbond substituents is 1. The first-order chi connectivity index (χ1) is 7.13. The molecule has 0 aromatic heterocycles. The molecule has 1 amide bonds. The van der Waals surface area contributed by atoms with E-state index in [1.165, 1.54) is 6.92 Å². The highest BCUT2D eigenvalue weighted by atomic mass is 16.3. The van der Waals surface area contributed by atoms with E-state index in [1.54, 1.807) is 18.2 Å². The molecule has 1 aromatic carbocycles. The summed E-state index contributed by atoms with van der Waals surface area (Å²) in [5.41, 5.74) is 1.78. The second-order valence-electron chi connectivity index (χ2n) is 3.33. The first-order valence-electron chi connectivity index (χ1n) is 4.82. The molecule has 0 spiro atoms. The summed E-state index contributed by atoms with van der Waals surface area (Å²) in [6, 6.07) is 5.30. The molecular formula is C12H15NO2. The number of hydrogen-bond acceptors (Lipinski definition) is 2. The van der Waals surface area contributed by atoms with Gasteiger partial charge in [-0.3, -0.25) is 4.79 Å². The van der Waals surface area contributed by atoms with Gasteiger partial charge in [0.2, 0.25) is 5.91 Å². The number of rotatable bonds is 4. The number of hydrogen-bond donors (Lipinski definition) is 2. The van der Waals surface area contributed by atoms with Gasteiger partial charge < -0.3 is 10.4 Å². The fourth-order valence-electron chi connectivity index (χ4n) is 1.31. The highest BCUT2D eigenvalue weighted by Crippen LogP contribution is 2.19. The minimum Gasteiger partial charge on any atom is -0.508 e. The molecule has 1 aromatic rings. The van der Waals surface area contributed by atoms with Gasteiger partial charge in [-0.1, -0.05) is 18.7 Å². The number of aromatic hydroxyl groups is 1. The number of carbonyl (C=O) groups is 1. The van der Waals surface area contributed by atoms with Crippen LogP contribution >= 0.6 is 0 Å². The van der Waals surface area contributed by atoms with E-state index in [-0.39, 0.29) is 11.7 Å². The van der Waals surface area contributed by atoms with Crippen LogP contribution in [0.5, 0.6) is 5.75 Å². The maximum atomic E-state index is 10.7. The van der Waals surface area contributed by atoms with Gasteiger partial charge in [0.1, 0.15) is 5.75 Å². The lowest BCUT2D eigenvalue weighted by molar-refractivity contribution is -0.118. The van der Waals surface area contributed by atoms with Crippen LogP contribution in [0.2, 0.25) is 0 Å². The second-order valence-corrected chi connectivity index (χ2v) is 3.33. The van der Waals surface area contributed by atoms with Gasteiger partial charge in [-0.15, -0.1) is 0 Å². The number of carbonyl (C=O) groups excluding carboxylic acids is 1. The molecule has 0 saturated carbocycles. The quantitative estimate of drug-likeness (QED) is 0.786. The molecular weight excluding hydrogens is 190 g/mol. The van der Waals surface area contributed by atoms with Crippen molar-refractivity contribution in [1.29, 1.82) is 0 Å². The molecule has 15 heavy (non-hydrogen) atoms. The maximum Gasteiger partial charge on any atom is 0.216 e. The van der Waals surface area contributed by atoms with Crippen LogP contribution in [0.3, 0.4) is 0 Å². The van der Waals surface area contributed by atoms with Gasteiger partial charge in [-0.2, -0.15) is 0 Å². The Balaban J connectivity index is 2.66. The molecule has 0 fully saturated rings. The molecule has 3 heteroatoms. The standard InChI is InChI=1S/C12H15NO2/c1-3-10-4-5-12(15)11(8-10)6-7-13-9(2)14/h3-5,8,15H,1,6-7H2,2H3,(H,13,14). The van der Waals surface area contributed by atoms with Gasteiger partial charge in [-0.25, -0.2) is 0 Å². The van der Waals surface area contributed by atoms with Gasteiger partial charge in [-0.05, 0) is 29.7 Å². The van der Waals surface area contributed by atoms with Crippen molar-refractivity contribution in [2.75, 3.05) is 6.54 Å². The van der Waals surface area contributed by atoms with E-state index < -0.39 is 0 Å². The normalized spacial score (nSPS) is 9.67. The summed E-state index contributed by atoms with van der Waals surface area (Å²) < 4.78 is 0. The predicted molar refractivity (Wildman–Crippen MR) is 60.6 cm³/mol. The lowest BCUT2D eigenvalue weighted by Gasteiger charge is -2.06. The van der Waals surface area contributed by atoms with Gasteiger partial charge in [0, 0.05) is 13.5 Å². The van der Waals surface area contributed by atoms with Crippen molar-refractivity contribution in [1.82, 2.24) is 5.32 Å². The minimum atomic E-state index is -0.0608. The smallest absolute Gasteiger partial charge is 0.216 e. The van der Waals surface area contributed by atoms with E-state index in [2.05, 4.69) is 11.9 Å². The Morgan fingerprint density at radius 1 is 1.60 bits per heavy atom. The van der Waals surface area contributed by atoms with Gasteiger partial charge >= 0.3 is 0 Å². The van der Waals surface area contributed by atoms with Crippen LogP contribution in [-0.4, -0.2) is 17.6 Å². The lowest BCUT2D eigenvalue weighted by atomic mass is 10.1. The molecule has 0 unspecified atom stereocenters. The molecule has 0 aliphatic rings. The first-order valence-corrected chi connectivity index (χ1v) is 4.82. The van der Waals surface area contributed by atoms with Gasteiger partial charge in [0.05, 0.1) is 0 Å². The zero-order chi connectivity index (χ0) is 11.3. The Kier molecular flexibility index (Phi) is 3.92. The highest BCUT2D eigenvalue weighted by Gasteiger charge is 2.01. The number of benzene rings is 1. The van der Waals surface area contributed by atoms with Crippen LogP contribution < -0.4 is 5.32 Å². The van der Waals surface area contributed by atoms with Crippen molar-refractivity contribution >= 4 is 12.0 Å². The molecule has 0 aliphatic carbocycles. The fraction of sp³-hybridized carbons (Fsp3) is 0.250. The van der Waals surface area contributed by atoms with E-state index in [0.29, 0.717) is 13.0 Å². The molecule has 0 bridgehead atoms. The molecule has 0 heterocycles. The van der Waals surface area contributed by atoms with E-state index in [1.807, 2.05) is 6.07 Å². The third-order valence-corrected chi connectivity index (χ3v) is 2.11. The summed E-state index contributed by atoms with van der Waals surface area (Å²) in [4.78, 5) is 10.7. The van der Waals surface area contributed by atoms with Crippen molar-refractivity contribution in [3.8, 4) is 5.75 Å². The van der Waals surface area contributed by atoms with Crippen molar-refractivity contribution in [2.24, 2.45) is 0 Å². The summed E-state index contributed by atoms with van der Waals surface area (Å²) in [6.45, 7) is 5.66. The molecule has 2 N–H and O–H groups in total. The van der Waals surface area contributed by atoms with Crippen molar-refractivity contribution in [2.45, 2.75) is 13.3 Å². The zero-order valence-electron chi connectivity index (χ0n) is 8.79. The van der Waals surface area contributed by atoms with E-state index >= 15 is 0 Å². The van der Waals surface area contributed by atoms with Crippen LogP contribution in [0.1, 0.15) is 18.1 Å². The van der Waals surface area contributed by atoms with Crippen molar-refractivity contribution < 1.29 is 9.90 Å². The zero-order valence-corrected chi connectivity index (χ0v) is 8.79. The Hall–Kier alpha value is -1.77. The SMILES string of the molecule is C=Cc1ccc(O)c(CCNC(C)=O)c1. The Labute approximate surface area is 89.4 Å². The Morgan fingerprint density at radius 2 is 2.33 bits per heavy atom. The van der Waals surface area contributed by atoms with Gasteiger partial charge in [0.25, 0.3) is 0 Å². The van der Waals surface area contributed by atoms with Crippen LogP contribution in [-0.2, 0) is 11.2 Å². The van der Waals surface area contributed by atoms with E-state index in [4.69, 9.17) is 0 Å². The Morgan fingerprint density at radius 3 is 2.93 bits per heavy atom. The predicted octanol–water partition coefficient (Wildman–Crippen LogP) is 1.71. The summed E-state index contributed by atoms with van der Waals surface area (Å²) in [5.74, 6) is 0.195. The average molecular weight is 205 g/mol. The second kappa shape index (κ2) is 5.20. The van der Waals surface area contributed by atoms with Crippen molar-refractivity contribution in [3.63, 3.8) is 0 Å². The van der Waals surface area contributed by atoms with Gasteiger partial charge in [0.15, 0.2) is 0 Å². The third-order valence-electron chi connectivity index (χ3n) is 2.11. The molecule has 0 atom stereocenters. The monoisotopic (exact) mass is 205 g/mol. The third kappa shape index (κ3) is 3.46. The number of phenols is 1. The summed E-state index contributed by atoms with van der Waals surface area (Å²) in [7, 11) is 0. The lowest BCUT2D eigenvalue weighted by Crippen LogP contribution is -2.22. The fourth-order valence-corrected chi connectivity index (χ4v) is 1.31. The summed E-state index contributed by atoms with van der Waals surface area (Å²) in [6.07, 6.45) is 2.34. The molecule has 1 rings (SSSR count). The molecule has 0 radical (unpaired) electrons. The topological polar surface area (TPSA) is 49.3 Å². The van der Waals surface area contributed by atoms with Crippen LogP contribution in [0.15, 0.2) is 24.8 Å². The Bertz CT molecular complexity index is 372. The first kappa shape index (κ1) is 11.3. The summed E-state index contributed by atoms with van der Waals surface area (Å²) in [5, 5.41) is 12.2. The molecule has 0 aliphatic heterocycles. The number of amides is 1. The van der Waals surface area contributed by atoms with E-state index in [9.17, 15) is 9.90 Å². The van der Waals surface area contributed by atoms with Crippen molar-refractivity contribution in [3.05, 3.63) is 35.9 Å². The van der Waals surface area contributed by atoms with Crippen LogP contribution in [0.4, 0.5) is 0 Å². The van der Waals surface area contributed by atoms with Crippen LogP contribution in [0.25, 0.3) is 6.08 Å². The maximum absolute atomic E-state index is 10.7. The average Bonchev–Trinajstić information content (AvgIpc) is 2.20. The number of nitrogens with one attached hydrogen (secondary N) is 1. The van der Waals surface area contributed by atoms with E-state index in [0.717, 1.165) is 11.1 Å².